The van der Waals surface area contributed by atoms with Gasteiger partial charge in [0.05, 0.1) is 12.8 Å². The van der Waals surface area contributed by atoms with Gasteiger partial charge in [-0.1, -0.05) is 12.1 Å². The van der Waals surface area contributed by atoms with E-state index in [1.54, 1.807) is 35.1 Å². The molecule has 3 heterocycles. The smallest absolute Gasteiger partial charge is 0.368 e. The second-order valence-corrected chi connectivity index (χ2v) is 6.59. The molecule has 3 aromatic heterocycles. The third-order valence-electron chi connectivity index (χ3n) is 4.66. The Balaban J connectivity index is 1.60. The maximum Gasteiger partial charge on any atom is 0.368 e. The van der Waals surface area contributed by atoms with Crippen molar-refractivity contribution in [2.75, 3.05) is 7.11 Å². The summed E-state index contributed by atoms with van der Waals surface area (Å²) in [4.78, 5) is 16.4. The predicted octanol–water partition coefficient (Wildman–Crippen LogP) is 1.31. The lowest BCUT2D eigenvalue weighted by molar-refractivity contribution is 0.290. The fraction of sp³-hybridized carbons (Fsp3) is 0.200. The Morgan fingerprint density at radius 3 is 2.68 bits per heavy atom. The summed E-state index contributed by atoms with van der Waals surface area (Å²) in [6.45, 7) is 2.10. The number of aryl methyl sites for hydroxylation is 2. The van der Waals surface area contributed by atoms with Crippen LogP contribution in [0.15, 0.2) is 47.4 Å². The van der Waals surface area contributed by atoms with Crippen molar-refractivity contribution in [3.05, 3.63) is 69.9 Å². The number of pyridine rings is 1. The summed E-state index contributed by atoms with van der Waals surface area (Å²) >= 11 is 0. The SMILES string of the molecule is COc1nc(C#N)ccc1-n1ccc(OCc2c(C)cccc2-n2nnn(C)c2=O)n1. The Bertz CT molecular complexity index is 1350. The van der Waals surface area contributed by atoms with Crippen LogP contribution in [0.1, 0.15) is 16.8 Å². The van der Waals surface area contributed by atoms with Crippen LogP contribution in [-0.4, -0.2) is 41.7 Å². The minimum Gasteiger partial charge on any atom is -0.479 e. The van der Waals surface area contributed by atoms with Crippen molar-refractivity contribution in [3.8, 4) is 29.2 Å². The van der Waals surface area contributed by atoms with Gasteiger partial charge in [-0.3, -0.25) is 0 Å². The Labute approximate surface area is 176 Å². The normalized spacial score (nSPS) is 10.6. The van der Waals surface area contributed by atoms with E-state index >= 15 is 0 Å². The molecule has 0 saturated carbocycles. The van der Waals surface area contributed by atoms with Crippen LogP contribution in [0.3, 0.4) is 0 Å². The molecule has 0 unspecified atom stereocenters. The predicted molar refractivity (Wildman–Crippen MR) is 108 cm³/mol. The van der Waals surface area contributed by atoms with Gasteiger partial charge in [0, 0.05) is 24.9 Å². The summed E-state index contributed by atoms with van der Waals surface area (Å²) in [7, 11) is 3.01. The molecule has 31 heavy (non-hydrogen) atoms. The second-order valence-electron chi connectivity index (χ2n) is 6.59. The lowest BCUT2D eigenvalue weighted by Gasteiger charge is -2.11. The van der Waals surface area contributed by atoms with Crippen LogP contribution in [0.2, 0.25) is 0 Å². The van der Waals surface area contributed by atoms with Gasteiger partial charge in [-0.2, -0.15) is 14.6 Å². The minimum atomic E-state index is -0.350. The molecule has 0 radical (unpaired) electrons. The molecule has 0 bridgehead atoms. The number of nitrogens with zero attached hydrogens (tertiary/aromatic N) is 8. The van der Waals surface area contributed by atoms with Crippen LogP contribution in [0.25, 0.3) is 11.4 Å². The molecule has 156 valence electrons. The summed E-state index contributed by atoms with van der Waals surface area (Å²) in [5.41, 5.74) is 2.78. The quantitative estimate of drug-likeness (QED) is 0.459. The molecule has 0 aliphatic rings. The van der Waals surface area contributed by atoms with Crippen molar-refractivity contribution < 1.29 is 9.47 Å². The molecule has 4 rings (SSSR count). The first-order valence-electron chi connectivity index (χ1n) is 9.23. The Hall–Kier alpha value is -4.46. The Morgan fingerprint density at radius 1 is 1.13 bits per heavy atom. The van der Waals surface area contributed by atoms with Crippen molar-refractivity contribution in [2.24, 2.45) is 7.05 Å². The number of methoxy groups -OCH3 is 1. The van der Waals surface area contributed by atoms with Crippen LogP contribution < -0.4 is 15.2 Å². The number of tetrazole rings is 1. The van der Waals surface area contributed by atoms with Crippen LogP contribution in [0.4, 0.5) is 0 Å². The molecular weight excluding hydrogens is 400 g/mol. The van der Waals surface area contributed by atoms with Gasteiger partial charge < -0.3 is 9.47 Å². The number of hydrogen-bond donors (Lipinski definition) is 0. The summed E-state index contributed by atoms with van der Waals surface area (Å²) in [6, 6.07) is 12.5. The van der Waals surface area contributed by atoms with Crippen molar-refractivity contribution in [1.29, 1.82) is 5.26 Å². The molecule has 0 atom stereocenters. The van der Waals surface area contributed by atoms with Gasteiger partial charge in [0.25, 0.3) is 0 Å². The van der Waals surface area contributed by atoms with Gasteiger partial charge in [0.2, 0.25) is 11.8 Å². The summed E-state index contributed by atoms with van der Waals surface area (Å²) < 4.78 is 15.1. The molecule has 4 aromatic rings. The topological polar surface area (TPSA) is 126 Å². The highest BCUT2D eigenvalue weighted by Gasteiger charge is 2.15. The fourth-order valence-corrected chi connectivity index (χ4v) is 3.02. The lowest BCUT2D eigenvalue weighted by Crippen LogP contribution is -2.23. The average molecular weight is 418 g/mol. The van der Waals surface area contributed by atoms with E-state index in [9.17, 15) is 4.79 Å². The lowest BCUT2D eigenvalue weighted by atomic mass is 10.1. The molecule has 11 nitrogen and oxygen atoms in total. The van der Waals surface area contributed by atoms with E-state index < -0.39 is 0 Å². The van der Waals surface area contributed by atoms with Gasteiger partial charge >= 0.3 is 5.69 Å². The molecule has 0 saturated heterocycles. The van der Waals surface area contributed by atoms with Gasteiger partial charge in [-0.25, -0.2) is 14.5 Å². The minimum absolute atomic E-state index is 0.171. The highest BCUT2D eigenvalue weighted by Crippen LogP contribution is 2.23. The number of rotatable bonds is 6. The summed E-state index contributed by atoms with van der Waals surface area (Å²) in [6.07, 6.45) is 1.70. The van der Waals surface area contributed by atoms with Gasteiger partial charge in [0.15, 0.2) is 0 Å². The molecule has 0 N–H and O–H groups in total. The van der Waals surface area contributed by atoms with Gasteiger partial charge in [-0.15, -0.1) is 5.10 Å². The number of hydrogen-bond acceptors (Lipinski definition) is 8. The zero-order chi connectivity index (χ0) is 22.0. The van der Waals surface area contributed by atoms with Crippen LogP contribution >= 0.6 is 0 Å². The molecule has 0 aliphatic carbocycles. The van der Waals surface area contributed by atoms with Crippen LogP contribution in [0.5, 0.6) is 11.8 Å². The maximum atomic E-state index is 12.3. The summed E-state index contributed by atoms with van der Waals surface area (Å²) in [5.74, 6) is 0.643. The first kappa shape index (κ1) is 19.8. The summed E-state index contributed by atoms with van der Waals surface area (Å²) in [5, 5.41) is 21.1. The Morgan fingerprint density at radius 2 is 1.97 bits per heavy atom. The highest BCUT2D eigenvalue weighted by molar-refractivity contribution is 5.45. The maximum absolute atomic E-state index is 12.3. The van der Waals surface area contributed by atoms with Crippen molar-refractivity contribution in [2.45, 2.75) is 13.5 Å². The fourth-order valence-electron chi connectivity index (χ4n) is 3.02. The van der Waals surface area contributed by atoms with E-state index in [-0.39, 0.29) is 23.9 Å². The first-order valence-corrected chi connectivity index (χ1v) is 9.23. The first-order chi connectivity index (χ1) is 15.0. The van der Waals surface area contributed by atoms with E-state index in [2.05, 4.69) is 20.5 Å². The third-order valence-corrected chi connectivity index (χ3v) is 4.66. The van der Waals surface area contributed by atoms with E-state index in [0.717, 1.165) is 15.8 Å². The molecule has 0 aliphatic heterocycles. The molecule has 0 amide bonds. The van der Waals surface area contributed by atoms with Crippen LogP contribution in [-0.2, 0) is 13.7 Å². The van der Waals surface area contributed by atoms with E-state index in [4.69, 9.17) is 14.7 Å². The molecule has 11 heteroatoms. The number of nitriles is 1. The van der Waals surface area contributed by atoms with E-state index in [1.807, 2.05) is 25.1 Å². The standard InChI is InChI=1S/C20H18N8O3/c1-13-5-4-6-16(28-20(29)26(2)24-25-28)15(13)12-31-18-9-10-27(23-18)17-8-7-14(11-21)22-19(17)30-3/h4-10H,12H2,1-3H3. The zero-order valence-corrected chi connectivity index (χ0v) is 17.1. The largest absolute Gasteiger partial charge is 0.479 e. The Kier molecular flexibility index (Phi) is 5.19. The van der Waals surface area contributed by atoms with Crippen molar-refractivity contribution in [3.63, 3.8) is 0 Å². The molecule has 0 fully saturated rings. The van der Waals surface area contributed by atoms with Crippen molar-refractivity contribution >= 4 is 0 Å². The average Bonchev–Trinajstić information content (AvgIpc) is 3.39. The number of ether oxygens (including phenoxy) is 2. The van der Waals surface area contributed by atoms with Gasteiger partial charge in [-0.05, 0) is 41.1 Å². The third kappa shape index (κ3) is 3.74. The van der Waals surface area contributed by atoms with Crippen molar-refractivity contribution in [1.82, 2.24) is 34.6 Å². The highest BCUT2D eigenvalue weighted by atomic mass is 16.5. The molecular formula is C20H18N8O3. The van der Waals surface area contributed by atoms with Gasteiger partial charge in [0.1, 0.15) is 24.1 Å². The second kappa shape index (κ2) is 8.11. The zero-order valence-electron chi connectivity index (χ0n) is 17.1. The molecule has 1 aromatic carbocycles. The number of benzene rings is 1. The van der Waals surface area contributed by atoms with E-state index in [1.165, 1.54) is 18.8 Å². The van der Waals surface area contributed by atoms with E-state index in [0.29, 0.717) is 17.3 Å². The van der Waals surface area contributed by atoms with Crippen LogP contribution in [0, 0.1) is 18.3 Å². The number of aromatic nitrogens is 7. The monoisotopic (exact) mass is 418 g/mol. The molecule has 0 spiro atoms.